The van der Waals surface area contributed by atoms with E-state index in [0.717, 1.165) is 11.8 Å². The molecule has 0 radical (unpaired) electrons. The van der Waals surface area contributed by atoms with Crippen LogP contribution in [0.25, 0.3) is 0 Å². The van der Waals surface area contributed by atoms with Crippen LogP contribution in [0.2, 0.25) is 5.28 Å². The molecule has 18 heavy (non-hydrogen) atoms. The first-order chi connectivity index (χ1) is 8.69. The molecule has 2 rings (SSSR count). The number of rotatable bonds is 4. The van der Waals surface area contributed by atoms with Gasteiger partial charge in [-0.1, -0.05) is 12.1 Å². The molecule has 6 heteroatoms. The Balaban J connectivity index is 2.22. The van der Waals surface area contributed by atoms with Crippen molar-refractivity contribution in [2.75, 3.05) is 7.11 Å². The maximum absolute atomic E-state index is 13.4. The molecule has 0 unspecified atom stereocenters. The lowest BCUT2D eigenvalue weighted by Crippen LogP contribution is -1.95. The number of hydrogen-bond donors (Lipinski definition) is 0. The van der Waals surface area contributed by atoms with Crippen molar-refractivity contribution in [3.05, 3.63) is 47.1 Å². The summed E-state index contributed by atoms with van der Waals surface area (Å²) in [7, 11) is 1.59. The first-order valence-corrected chi connectivity index (χ1v) is 5.50. The molecule has 1 aromatic heterocycles. The minimum absolute atomic E-state index is 0.0700. The first kappa shape index (κ1) is 12.7. The van der Waals surface area contributed by atoms with Gasteiger partial charge in [-0.3, -0.25) is 0 Å². The summed E-state index contributed by atoms with van der Waals surface area (Å²) in [6, 6.07) is 7.08. The van der Waals surface area contributed by atoms with Gasteiger partial charge in [-0.15, -0.1) is 0 Å². The molecule has 1 heterocycles. The second-order valence-corrected chi connectivity index (χ2v) is 3.81. The second-order valence-electron chi connectivity index (χ2n) is 3.47. The Labute approximate surface area is 108 Å². The zero-order valence-corrected chi connectivity index (χ0v) is 10.3. The predicted molar refractivity (Wildman–Crippen MR) is 64.2 cm³/mol. The third-order valence-corrected chi connectivity index (χ3v) is 2.29. The van der Waals surface area contributed by atoms with Crippen molar-refractivity contribution in [1.29, 1.82) is 0 Å². The van der Waals surface area contributed by atoms with Crippen molar-refractivity contribution in [1.82, 2.24) is 9.97 Å². The number of halogens is 2. The monoisotopic (exact) mass is 268 g/mol. The Morgan fingerprint density at radius 1 is 1.39 bits per heavy atom. The van der Waals surface area contributed by atoms with Crippen LogP contribution in [-0.2, 0) is 11.3 Å². The van der Waals surface area contributed by atoms with Crippen LogP contribution in [0.4, 0.5) is 4.39 Å². The van der Waals surface area contributed by atoms with Crippen LogP contribution in [0.3, 0.4) is 0 Å². The average molecular weight is 269 g/mol. The van der Waals surface area contributed by atoms with E-state index in [1.165, 1.54) is 0 Å². The smallest absolute Gasteiger partial charge is 0.260 e. The maximum Gasteiger partial charge on any atom is 0.260 e. The summed E-state index contributed by atoms with van der Waals surface area (Å²) in [4.78, 5) is 7.18. The fraction of sp³-hybridized carbons (Fsp3) is 0.167. The molecule has 0 N–H and O–H groups in total. The van der Waals surface area contributed by atoms with E-state index in [9.17, 15) is 4.39 Å². The van der Waals surface area contributed by atoms with Crippen LogP contribution in [0.1, 0.15) is 5.56 Å². The van der Waals surface area contributed by atoms with E-state index < -0.39 is 5.82 Å². The molecule has 0 aliphatic heterocycles. The van der Waals surface area contributed by atoms with Crippen LogP contribution in [-0.4, -0.2) is 17.1 Å². The van der Waals surface area contributed by atoms with Gasteiger partial charge in [0, 0.05) is 7.11 Å². The SMILES string of the molecule is COCc1cccc(Oc2nc(Cl)ncc2F)c1. The Morgan fingerprint density at radius 3 is 3.00 bits per heavy atom. The largest absolute Gasteiger partial charge is 0.436 e. The van der Waals surface area contributed by atoms with Crippen LogP contribution >= 0.6 is 11.6 Å². The van der Waals surface area contributed by atoms with Crippen molar-refractivity contribution in [3.8, 4) is 11.6 Å². The molecule has 2 aromatic rings. The Bertz CT molecular complexity index is 551. The van der Waals surface area contributed by atoms with Gasteiger partial charge in [0.05, 0.1) is 12.8 Å². The standard InChI is InChI=1S/C12H10ClFN2O2/c1-17-7-8-3-2-4-9(5-8)18-11-10(14)6-15-12(13)16-11/h2-6H,7H2,1H3. The normalized spacial score (nSPS) is 10.4. The lowest BCUT2D eigenvalue weighted by atomic mass is 10.2. The summed E-state index contributed by atoms with van der Waals surface area (Å²) < 4.78 is 23.7. The van der Waals surface area contributed by atoms with Gasteiger partial charge in [-0.2, -0.15) is 9.37 Å². The number of ether oxygens (including phenoxy) is 2. The minimum atomic E-state index is -0.670. The summed E-state index contributed by atoms with van der Waals surface area (Å²) >= 11 is 5.58. The molecule has 1 aromatic carbocycles. The van der Waals surface area contributed by atoms with E-state index in [0.29, 0.717) is 12.4 Å². The van der Waals surface area contributed by atoms with Gasteiger partial charge >= 0.3 is 0 Å². The summed E-state index contributed by atoms with van der Waals surface area (Å²) in [5, 5.41) is -0.0700. The molecule has 4 nitrogen and oxygen atoms in total. The highest BCUT2D eigenvalue weighted by Gasteiger charge is 2.08. The molecule has 0 amide bonds. The fourth-order valence-corrected chi connectivity index (χ4v) is 1.51. The van der Waals surface area contributed by atoms with Crippen molar-refractivity contribution in [3.63, 3.8) is 0 Å². The third-order valence-electron chi connectivity index (χ3n) is 2.11. The predicted octanol–water partition coefficient (Wildman–Crippen LogP) is 3.21. The number of nitrogens with zero attached hydrogens (tertiary/aromatic N) is 2. The zero-order chi connectivity index (χ0) is 13.0. The van der Waals surface area contributed by atoms with Crippen LogP contribution in [0.5, 0.6) is 11.6 Å². The zero-order valence-electron chi connectivity index (χ0n) is 9.56. The fourth-order valence-electron chi connectivity index (χ4n) is 1.38. The topological polar surface area (TPSA) is 44.2 Å². The van der Waals surface area contributed by atoms with E-state index in [-0.39, 0.29) is 11.2 Å². The van der Waals surface area contributed by atoms with E-state index >= 15 is 0 Å². The highest BCUT2D eigenvalue weighted by atomic mass is 35.5. The number of hydrogen-bond acceptors (Lipinski definition) is 4. The van der Waals surface area contributed by atoms with Crippen LogP contribution < -0.4 is 4.74 Å². The molecular formula is C12H10ClFN2O2. The van der Waals surface area contributed by atoms with Crippen molar-refractivity contribution >= 4 is 11.6 Å². The van der Waals surface area contributed by atoms with E-state index in [1.807, 2.05) is 6.07 Å². The highest BCUT2D eigenvalue weighted by Crippen LogP contribution is 2.23. The summed E-state index contributed by atoms with van der Waals surface area (Å²) in [5.74, 6) is -0.417. The Hall–Kier alpha value is -1.72. The number of benzene rings is 1. The lowest BCUT2D eigenvalue weighted by molar-refractivity contribution is 0.184. The highest BCUT2D eigenvalue weighted by molar-refractivity contribution is 6.28. The Morgan fingerprint density at radius 2 is 2.22 bits per heavy atom. The molecule has 0 spiro atoms. The maximum atomic E-state index is 13.4. The number of aromatic nitrogens is 2. The molecule has 0 aliphatic carbocycles. The number of methoxy groups -OCH3 is 1. The lowest BCUT2D eigenvalue weighted by Gasteiger charge is -2.07. The van der Waals surface area contributed by atoms with Crippen molar-refractivity contribution in [2.45, 2.75) is 6.61 Å². The van der Waals surface area contributed by atoms with Gasteiger partial charge in [0.25, 0.3) is 5.88 Å². The third kappa shape index (κ3) is 3.15. The summed E-state index contributed by atoms with van der Waals surface area (Å²) in [6.45, 7) is 0.449. The van der Waals surface area contributed by atoms with Crippen molar-refractivity contribution in [2.24, 2.45) is 0 Å². The van der Waals surface area contributed by atoms with Gasteiger partial charge in [-0.25, -0.2) is 4.98 Å². The second kappa shape index (κ2) is 5.75. The van der Waals surface area contributed by atoms with E-state index in [1.54, 1.807) is 25.3 Å². The van der Waals surface area contributed by atoms with Gasteiger partial charge in [-0.05, 0) is 29.3 Å². The molecule has 0 saturated heterocycles. The summed E-state index contributed by atoms with van der Waals surface area (Å²) in [5.41, 5.74) is 0.913. The van der Waals surface area contributed by atoms with Crippen LogP contribution in [0.15, 0.2) is 30.5 Å². The van der Waals surface area contributed by atoms with Gasteiger partial charge < -0.3 is 9.47 Å². The first-order valence-electron chi connectivity index (χ1n) is 5.13. The van der Waals surface area contributed by atoms with Crippen LogP contribution in [0, 0.1) is 5.82 Å². The van der Waals surface area contributed by atoms with Crippen molar-refractivity contribution < 1.29 is 13.9 Å². The van der Waals surface area contributed by atoms with Gasteiger partial charge in [0.15, 0.2) is 0 Å². The molecule has 0 bridgehead atoms. The van der Waals surface area contributed by atoms with E-state index in [2.05, 4.69) is 9.97 Å². The quantitative estimate of drug-likeness (QED) is 0.799. The molecular weight excluding hydrogens is 259 g/mol. The summed E-state index contributed by atoms with van der Waals surface area (Å²) in [6.07, 6.45) is 0.962. The molecule has 0 fully saturated rings. The van der Waals surface area contributed by atoms with E-state index in [4.69, 9.17) is 21.1 Å². The van der Waals surface area contributed by atoms with Gasteiger partial charge in [0.1, 0.15) is 5.75 Å². The molecule has 0 saturated carbocycles. The average Bonchev–Trinajstić information content (AvgIpc) is 2.35. The van der Waals surface area contributed by atoms with Gasteiger partial charge in [0.2, 0.25) is 11.1 Å². The molecule has 0 aliphatic rings. The Kier molecular flexibility index (Phi) is 4.07. The molecule has 0 atom stereocenters. The minimum Gasteiger partial charge on any atom is -0.436 e. The molecule has 94 valence electrons.